The summed E-state index contributed by atoms with van der Waals surface area (Å²) in [6.07, 6.45) is 6.62. The van der Waals surface area contributed by atoms with Gasteiger partial charge in [0.2, 0.25) is 5.91 Å². The smallest absolute Gasteiger partial charge is 0.317 e. The number of urea groups is 1. The highest BCUT2D eigenvalue weighted by Gasteiger charge is 2.24. The molecule has 3 aliphatic rings. The molecule has 0 aromatic carbocycles. The molecule has 0 aromatic heterocycles. The number of nitrogens with one attached hydrogen (secondary N) is 2. The minimum atomic E-state index is 0.100. The van der Waals surface area contributed by atoms with Crippen molar-refractivity contribution in [3.8, 4) is 0 Å². The van der Waals surface area contributed by atoms with Crippen LogP contribution in [0.1, 0.15) is 38.5 Å². The number of hydrogen-bond acceptors (Lipinski definition) is 4. The van der Waals surface area contributed by atoms with Gasteiger partial charge < -0.3 is 20.4 Å². The van der Waals surface area contributed by atoms with Gasteiger partial charge in [0.1, 0.15) is 0 Å². The summed E-state index contributed by atoms with van der Waals surface area (Å²) in [5, 5.41) is 6.47. The van der Waals surface area contributed by atoms with Crippen LogP contribution in [0, 0.1) is 0 Å². The zero-order chi connectivity index (χ0) is 17.5. The standard InChI is InChI=1S/C18H33N5O2/c24-17(22-10-7-19-8-11-22)6-9-21-12-14-23(15-13-21)18(25)20-16-4-2-1-3-5-16/h16,19H,1-15H2,(H,20,25). The first-order chi connectivity index (χ1) is 12.2. The van der Waals surface area contributed by atoms with Crippen LogP contribution >= 0.6 is 0 Å². The Morgan fingerprint density at radius 2 is 1.56 bits per heavy atom. The number of carbonyl (C=O) groups excluding carboxylic acids is 2. The monoisotopic (exact) mass is 351 g/mol. The van der Waals surface area contributed by atoms with Crippen molar-refractivity contribution in [1.82, 2.24) is 25.3 Å². The van der Waals surface area contributed by atoms with Crippen LogP contribution < -0.4 is 10.6 Å². The van der Waals surface area contributed by atoms with E-state index in [1.807, 2.05) is 9.80 Å². The number of hydrogen-bond donors (Lipinski definition) is 2. The van der Waals surface area contributed by atoms with Gasteiger partial charge in [0, 0.05) is 71.4 Å². The molecule has 0 radical (unpaired) electrons. The lowest BCUT2D eigenvalue weighted by Crippen LogP contribution is -2.54. The summed E-state index contributed by atoms with van der Waals surface area (Å²) in [5.41, 5.74) is 0. The lowest BCUT2D eigenvalue weighted by Gasteiger charge is -2.36. The van der Waals surface area contributed by atoms with Crippen LogP contribution in [0.4, 0.5) is 4.79 Å². The van der Waals surface area contributed by atoms with Crippen molar-refractivity contribution in [2.24, 2.45) is 0 Å². The van der Waals surface area contributed by atoms with Gasteiger partial charge in [-0.05, 0) is 12.8 Å². The summed E-state index contributed by atoms with van der Waals surface area (Å²) in [7, 11) is 0. The number of rotatable bonds is 4. The molecule has 0 unspecified atom stereocenters. The highest BCUT2D eigenvalue weighted by molar-refractivity contribution is 5.76. The normalized spacial score (nSPS) is 23.5. The number of nitrogens with zero attached hydrogens (tertiary/aromatic N) is 3. The van der Waals surface area contributed by atoms with Crippen LogP contribution in [0.2, 0.25) is 0 Å². The molecule has 2 N–H and O–H groups in total. The van der Waals surface area contributed by atoms with E-state index in [2.05, 4.69) is 15.5 Å². The lowest BCUT2D eigenvalue weighted by molar-refractivity contribution is -0.132. The van der Waals surface area contributed by atoms with E-state index >= 15 is 0 Å². The Balaban J connectivity index is 1.32. The Morgan fingerprint density at radius 1 is 0.880 bits per heavy atom. The highest BCUT2D eigenvalue weighted by Crippen LogP contribution is 2.17. The van der Waals surface area contributed by atoms with Crippen molar-refractivity contribution in [3.05, 3.63) is 0 Å². The van der Waals surface area contributed by atoms with Crippen LogP contribution in [0.15, 0.2) is 0 Å². The van der Waals surface area contributed by atoms with Gasteiger partial charge in [-0.15, -0.1) is 0 Å². The fourth-order valence-corrected chi connectivity index (χ4v) is 4.01. The maximum Gasteiger partial charge on any atom is 0.317 e. The van der Waals surface area contributed by atoms with Crippen molar-refractivity contribution >= 4 is 11.9 Å². The molecular weight excluding hydrogens is 318 g/mol. The quantitative estimate of drug-likeness (QED) is 0.773. The van der Waals surface area contributed by atoms with Gasteiger partial charge in [0.05, 0.1) is 0 Å². The van der Waals surface area contributed by atoms with Gasteiger partial charge in [-0.2, -0.15) is 0 Å². The van der Waals surface area contributed by atoms with E-state index in [9.17, 15) is 9.59 Å². The summed E-state index contributed by atoms with van der Waals surface area (Å²) < 4.78 is 0. The van der Waals surface area contributed by atoms with Crippen molar-refractivity contribution < 1.29 is 9.59 Å². The molecule has 7 heteroatoms. The Labute approximate surface area is 151 Å². The Hall–Kier alpha value is -1.34. The second kappa shape index (κ2) is 9.38. The van der Waals surface area contributed by atoms with E-state index in [1.165, 1.54) is 19.3 Å². The molecule has 2 aliphatic heterocycles. The summed E-state index contributed by atoms with van der Waals surface area (Å²) in [6.45, 7) is 7.53. The Morgan fingerprint density at radius 3 is 2.24 bits per heavy atom. The molecule has 142 valence electrons. The number of carbonyl (C=O) groups is 2. The lowest BCUT2D eigenvalue weighted by atomic mass is 9.96. The first-order valence-electron chi connectivity index (χ1n) is 9.98. The van der Waals surface area contributed by atoms with Crippen molar-refractivity contribution in [2.45, 2.75) is 44.6 Å². The largest absolute Gasteiger partial charge is 0.340 e. The molecule has 0 spiro atoms. The highest BCUT2D eigenvalue weighted by atomic mass is 16.2. The van der Waals surface area contributed by atoms with Gasteiger partial charge in [0.25, 0.3) is 0 Å². The predicted octanol–water partition coefficient (Wildman–Crippen LogP) is 0.468. The summed E-state index contributed by atoms with van der Waals surface area (Å²) in [6, 6.07) is 0.472. The van der Waals surface area contributed by atoms with Gasteiger partial charge in [-0.1, -0.05) is 19.3 Å². The van der Waals surface area contributed by atoms with Gasteiger partial charge in [-0.3, -0.25) is 9.69 Å². The Kier molecular flexibility index (Phi) is 6.93. The third-order valence-electron chi connectivity index (χ3n) is 5.70. The molecule has 3 amide bonds. The van der Waals surface area contributed by atoms with Gasteiger partial charge in [0.15, 0.2) is 0 Å². The van der Waals surface area contributed by atoms with Crippen LogP contribution in [-0.4, -0.2) is 91.6 Å². The molecule has 7 nitrogen and oxygen atoms in total. The second-order valence-electron chi connectivity index (χ2n) is 7.49. The molecule has 1 saturated carbocycles. The zero-order valence-electron chi connectivity index (χ0n) is 15.3. The van der Waals surface area contributed by atoms with Gasteiger partial charge in [-0.25, -0.2) is 4.79 Å². The molecule has 2 saturated heterocycles. The molecule has 0 bridgehead atoms. The van der Waals surface area contributed by atoms with Crippen LogP contribution in [0.5, 0.6) is 0 Å². The SMILES string of the molecule is O=C(CCN1CCN(C(=O)NC2CCCCC2)CC1)N1CCNCC1. The average Bonchev–Trinajstić information content (AvgIpc) is 2.68. The fraction of sp³-hybridized carbons (Fsp3) is 0.889. The molecule has 2 heterocycles. The minimum Gasteiger partial charge on any atom is -0.340 e. The van der Waals surface area contributed by atoms with Crippen molar-refractivity contribution in [2.75, 3.05) is 58.9 Å². The van der Waals surface area contributed by atoms with E-state index in [-0.39, 0.29) is 11.9 Å². The molecule has 0 aromatic rings. The minimum absolute atomic E-state index is 0.100. The summed E-state index contributed by atoms with van der Waals surface area (Å²) in [5.74, 6) is 0.263. The molecule has 1 aliphatic carbocycles. The van der Waals surface area contributed by atoms with E-state index in [0.29, 0.717) is 12.5 Å². The molecule has 0 atom stereocenters. The maximum absolute atomic E-state index is 12.4. The molecular formula is C18H33N5O2. The first-order valence-corrected chi connectivity index (χ1v) is 9.98. The van der Waals surface area contributed by atoms with Crippen molar-refractivity contribution in [3.63, 3.8) is 0 Å². The van der Waals surface area contributed by atoms with E-state index in [1.54, 1.807) is 0 Å². The first kappa shape index (κ1) is 18.5. The van der Waals surface area contributed by atoms with E-state index in [0.717, 1.165) is 71.7 Å². The molecule has 3 fully saturated rings. The van der Waals surface area contributed by atoms with Crippen LogP contribution in [-0.2, 0) is 4.79 Å². The fourth-order valence-electron chi connectivity index (χ4n) is 4.01. The zero-order valence-corrected chi connectivity index (χ0v) is 15.3. The van der Waals surface area contributed by atoms with Crippen molar-refractivity contribution in [1.29, 1.82) is 0 Å². The third-order valence-corrected chi connectivity index (χ3v) is 5.70. The maximum atomic E-state index is 12.4. The van der Waals surface area contributed by atoms with Gasteiger partial charge >= 0.3 is 6.03 Å². The number of amides is 3. The summed E-state index contributed by atoms with van der Waals surface area (Å²) >= 11 is 0. The van der Waals surface area contributed by atoms with Crippen LogP contribution in [0.25, 0.3) is 0 Å². The summed E-state index contributed by atoms with van der Waals surface area (Å²) in [4.78, 5) is 30.8. The number of piperazine rings is 2. The van der Waals surface area contributed by atoms with Crippen LogP contribution in [0.3, 0.4) is 0 Å². The predicted molar refractivity (Wildman–Crippen MR) is 97.5 cm³/mol. The van der Waals surface area contributed by atoms with E-state index < -0.39 is 0 Å². The molecule has 25 heavy (non-hydrogen) atoms. The third kappa shape index (κ3) is 5.57. The topological polar surface area (TPSA) is 67.9 Å². The Bertz CT molecular complexity index is 439. The second-order valence-corrected chi connectivity index (χ2v) is 7.49. The average molecular weight is 351 g/mol. The van der Waals surface area contributed by atoms with E-state index in [4.69, 9.17) is 0 Å². The molecule has 3 rings (SSSR count).